The van der Waals surface area contributed by atoms with Crippen LogP contribution < -0.4 is 0 Å². The van der Waals surface area contributed by atoms with Crippen LogP contribution in [0, 0.1) is 12.3 Å². The number of thioether (sulfide) groups is 1. The van der Waals surface area contributed by atoms with Gasteiger partial charge in [-0.05, 0) is 36.4 Å². The number of hydrogen-bond donors (Lipinski definition) is 0. The lowest BCUT2D eigenvalue weighted by atomic mass is 9.84. The van der Waals surface area contributed by atoms with Gasteiger partial charge in [0.05, 0.1) is 5.41 Å². The van der Waals surface area contributed by atoms with E-state index >= 15 is 0 Å². The van der Waals surface area contributed by atoms with Crippen LogP contribution in [0.25, 0.3) is 0 Å². The van der Waals surface area contributed by atoms with Gasteiger partial charge in [-0.3, -0.25) is 0 Å². The van der Waals surface area contributed by atoms with Gasteiger partial charge < -0.3 is 0 Å². The third-order valence-corrected chi connectivity index (χ3v) is 3.13. The maximum absolute atomic E-state index is 12.1. The Morgan fingerprint density at radius 1 is 1.29 bits per heavy atom. The third kappa shape index (κ3) is 3.57. The Labute approximate surface area is 103 Å². The lowest BCUT2D eigenvalue weighted by molar-refractivity contribution is -0.0328. The van der Waals surface area contributed by atoms with Crippen LogP contribution in [0.3, 0.4) is 0 Å². The van der Waals surface area contributed by atoms with E-state index in [-0.39, 0.29) is 16.7 Å². The Kier molecular flexibility index (Phi) is 3.94. The highest BCUT2D eigenvalue weighted by atomic mass is 32.2. The highest BCUT2D eigenvalue weighted by molar-refractivity contribution is 8.00. The molecule has 0 amide bonds. The van der Waals surface area contributed by atoms with E-state index in [9.17, 15) is 13.2 Å². The van der Waals surface area contributed by atoms with Crippen molar-refractivity contribution in [3.8, 4) is 12.3 Å². The van der Waals surface area contributed by atoms with Crippen LogP contribution in [0.4, 0.5) is 13.2 Å². The normalized spacial score (nSPS) is 14.8. The van der Waals surface area contributed by atoms with Gasteiger partial charge in [-0.2, -0.15) is 13.2 Å². The summed E-state index contributed by atoms with van der Waals surface area (Å²) in [7, 11) is 0. The van der Waals surface area contributed by atoms with Gasteiger partial charge in [0.25, 0.3) is 0 Å². The average Bonchev–Trinajstić information content (AvgIpc) is 2.27. The number of benzene rings is 1. The first-order chi connectivity index (χ1) is 7.80. The molecule has 0 aliphatic carbocycles. The predicted molar refractivity (Wildman–Crippen MR) is 64.7 cm³/mol. The molecule has 0 N–H and O–H groups in total. The Hall–Kier alpha value is -1.34. The average molecular weight is 256 g/mol. The van der Waals surface area contributed by atoms with E-state index in [4.69, 9.17) is 6.42 Å². The van der Waals surface area contributed by atoms with E-state index < -0.39 is 10.9 Å². The van der Waals surface area contributed by atoms with Gasteiger partial charge in [-0.1, -0.05) is 24.1 Å². The minimum Gasteiger partial charge on any atom is -0.160 e. The number of halogens is 3. The number of rotatable bonds is 3. The molecule has 1 atom stereocenters. The fraction of sp³-hybridized carbons (Fsp3) is 0.231. The summed E-state index contributed by atoms with van der Waals surface area (Å²) < 4.78 is 36.4. The fourth-order valence-electron chi connectivity index (χ4n) is 1.26. The predicted octanol–water partition coefficient (Wildman–Crippen LogP) is 4.38. The van der Waals surface area contributed by atoms with Crippen molar-refractivity contribution in [1.82, 2.24) is 0 Å². The number of alkyl halides is 3. The summed E-state index contributed by atoms with van der Waals surface area (Å²) >= 11 is -0.142. The molecule has 1 aromatic rings. The van der Waals surface area contributed by atoms with Crippen LogP contribution >= 0.6 is 11.8 Å². The van der Waals surface area contributed by atoms with Crippen LogP contribution in [0.15, 0.2) is 41.8 Å². The van der Waals surface area contributed by atoms with Crippen molar-refractivity contribution in [1.29, 1.82) is 0 Å². The van der Waals surface area contributed by atoms with E-state index in [0.717, 1.165) is 5.56 Å². The molecule has 0 spiro atoms. The van der Waals surface area contributed by atoms with Gasteiger partial charge >= 0.3 is 5.51 Å². The molecule has 0 saturated carbocycles. The molecule has 0 aliphatic heterocycles. The summed E-state index contributed by atoms with van der Waals surface area (Å²) in [6, 6.07) is 6.00. The molecule has 0 aliphatic rings. The summed E-state index contributed by atoms with van der Waals surface area (Å²) in [4.78, 5) is 0.143. The summed E-state index contributed by atoms with van der Waals surface area (Å²) in [6.07, 6.45) is 6.98. The SMILES string of the molecule is C#C[C@](C)(C=C)c1ccc(SC(F)(F)F)cc1. The van der Waals surface area contributed by atoms with Gasteiger partial charge in [0, 0.05) is 4.90 Å². The molecule has 17 heavy (non-hydrogen) atoms. The lowest BCUT2D eigenvalue weighted by Gasteiger charge is -2.19. The zero-order valence-electron chi connectivity index (χ0n) is 9.21. The summed E-state index contributed by atoms with van der Waals surface area (Å²) in [5.41, 5.74) is -4.17. The van der Waals surface area contributed by atoms with E-state index in [1.165, 1.54) is 12.1 Å². The van der Waals surface area contributed by atoms with Crippen LogP contribution in [0.5, 0.6) is 0 Å². The van der Waals surface area contributed by atoms with Crippen LogP contribution in [0.2, 0.25) is 0 Å². The van der Waals surface area contributed by atoms with Crippen molar-refractivity contribution in [3.63, 3.8) is 0 Å². The first-order valence-electron chi connectivity index (χ1n) is 4.78. The second kappa shape index (κ2) is 4.89. The molecule has 0 aromatic heterocycles. The second-order valence-electron chi connectivity index (χ2n) is 3.62. The van der Waals surface area contributed by atoms with Crippen molar-refractivity contribution in [2.75, 3.05) is 0 Å². The molecule has 1 rings (SSSR count). The van der Waals surface area contributed by atoms with Crippen molar-refractivity contribution in [3.05, 3.63) is 42.5 Å². The molecule has 0 bridgehead atoms. The third-order valence-electron chi connectivity index (χ3n) is 2.40. The Balaban J connectivity index is 2.97. The van der Waals surface area contributed by atoms with Gasteiger partial charge in [0.2, 0.25) is 0 Å². The van der Waals surface area contributed by atoms with Gasteiger partial charge in [-0.15, -0.1) is 13.0 Å². The molecular weight excluding hydrogens is 245 g/mol. The van der Waals surface area contributed by atoms with E-state index in [2.05, 4.69) is 12.5 Å². The lowest BCUT2D eigenvalue weighted by Crippen LogP contribution is -2.15. The molecule has 0 radical (unpaired) electrons. The Bertz CT molecular complexity index is 439. The highest BCUT2D eigenvalue weighted by Crippen LogP contribution is 2.37. The minimum atomic E-state index is -4.27. The largest absolute Gasteiger partial charge is 0.446 e. The highest BCUT2D eigenvalue weighted by Gasteiger charge is 2.29. The molecule has 1 aromatic carbocycles. The van der Waals surface area contributed by atoms with Gasteiger partial charge in [0.1, 0.15) is 0 Å². The summed E-state index contributed by atoms with van der Waals surface area (Å²) in [6.45, 7) is 5.42. The fourth-order valence-corrected chi connectivity index (χ4v) is 1.80. The van der Waals surface area contributed by atoms with E-state index in [1.807, 2.05) is 0 Å². The molecule has 0 saturated heterocycles. The Morgan fingerprint density at radius 3 is 2.18 bits per heavy atom. The first kappa shape index (κ1) is 13.7. The maximum Gasteiger partial charge on any atom is 0.446 e. The molecule has 4 heteroatoms. The number of hydrogen-bond acceptors (Lipinski definition) is 1. The quantitative estimate of drug-likeness (QED) is 0.439. The maximum atomic E-state index is 12.1. The minimum absolute atomic E-state index is 0.142. The molecule has 90 valence electrons. The Morgan fingerprint density at radius 2 is 1.82 bits per heavy atom. The molecular formula is C13H11F3S. The topological polar surface area (TPSA) is 0 Å². The molecule has 0 nitrogen and oxygen atoms in total. The monoisotopic (exact) mass is 256 g/mol. The van der Waals surface area contributed by atoms with Crippen molar-refractivity contribution in [2.45, 2.75) is 22.7 Å². The van der Waals surface area contributed by atoms with Crippen LogP contribution in [0.1, 0.15) is 12.5 Å². The van der Waals surface area contributed by atoms with Crippen molar-refractivity contribution in [2.24, 2.45) is 0 Å². The zero-order chi connectivity index (χ0) is 13.1. The standard InChI is InChI=1S/C13H11F3S/c1-4-12(3,5-2)10-6-8-11(9-7-10)17-13(14,15)16/h1,5-9H,2H2,3H3/t12-/m1/s1. The second-order valence-corrected chi connectivity index (χ2v) is 4.76. The van der Waals surface area contributed by atoms with Crippen molar-refractivity contribution >= 4 is 11.8 Å². The zero-order valence-corrected chi connectivity index (χ0v) is 10.0. The number of allylic oxidation sites excluding steroid dienone is 1. The summed E-state index contributed by atoms with van der Waals surface area (Å²) in [5, 5.41) is 0. The summed E-state index contributed by atoms with van der Waals surface area (Å²) in [5.74, 6) is 2.57. The van der Waals surface area contributed by atoms with Crippen molar-refractivity contribution < 1.29 is 13.2 Å². The first-order valence-corrected chi connectivity index (χ1v) is 5.60. The van der Waals surface area contributed by atoms with Crippen LogP contribution in [-0.2, 0) is 5.41 Å². The molecule has 0 heterocycles. The molecule has 0 unspecified atom stereocenters. The number of terminal acetylenes is 1. The van der Waals surface area contributed by atoms with E-state index in [1.54, 1.807) is 25.1 Å². The van der Waals surface area contributed by atoms with Gasteiger partial charge in [0.15, 0.2) is 0 Å². The van der Waals surface area contributed by atoms with Gasteiger partial charge in [-0.25, -0.2) is 0 Å². The van der Waals surface area contributed by atoms with Crippen LogP contribution in [-0.4, -0.2) is 5.51 Å². The van der Waals surface area contributed by atoms with E-state index in [0.29, 0.717) is 0 Å². The smallest absolute Gasteiger partial charge is 0.160 e. The molecule has 0 fully saturated rings.